The number of carbonyl (C=O) groups excluding carboxylic acids is 2. The third kappa shape index (κ3) is 6.41. The lowest BCUT2D eigenvalue weighted by Gasteiger charge is -2.22. The summed E-state index contributed by atoms with van der Waals surface area (Å²) in [6.45, 7) is -0.863. The molecule has 2 aliphatic heterocycles. The summed E-state index contributed by atoms with van der Waals surface area (Å²) in [5.41, 5.74) is -1.01. The third-order valence-electron chi connectivity index (χ3n) is 6.60. The Morgan fingerprint density at radius 2 is 1.77 bits per heavy atom. The van der Waals surface area contributed by atoms with Gasteiger partial charge in [-0.2, -0.15) is 0 Å². The number of aromatic amines is 2. The molecule has 4 heterocycles. The Balaban J connectivity index is 1.38. The van der Waals surface area contributed by atoms with E-state index >= 15 is 0 Å². The van der Waals surface area contributed by atoms with E-state index in [1.54, 1.807) is 0 Å². The Kier molecular flexibility index (Phi) is 8.90. The lowest BCUT2D eigenvalue weighted by Crippen LogP contribution is -2.51. The number of ether oxygens (including phenoxy) is 2. The average Bonchev–Trinajstić information content (AvgIpc) is 3.58. The maximum Gasteiger partial charge on any atom is 0.330 e. The second-order valence-corrected chi connectivity index (χ2v) is 9.29. The number of aromatic nitrogens is 4. The highest BCUT2D eigenvalue weighted by Gasteiger charge is 2.45. The van der Waals surface area contributed by atoms with Crippen LogP contribution in [0.2, 0.25) is 0 Å². The molecule has 0 radical (unpaired) electrons. The van der Waals surface area contributed by atoms with Gasteiger partial charge < -0.3 is 50.6 Å². The highest BCUT2D eigenvalue weighted by Crippen LogP contribution is 2.28. The zero-order valence-electron chi connectivity index (χ0n) is 20.4. The first-order valence-corrected chi connectivity index (χ1v) is 12.1. The van der Waals surface area contributed by atoms with Crippen LogP contribution in [0, 0.1) is 0 Å². The summed E-state index contributed by atoms with van der Waals surface area (Å²) in [6, 6.07) is -0.113. The van der Waals surface area contributed by atoms with Gasteiger partial charge in [0.05, 0.1) is 25.5 Å². The third-order valence-corrected chi connectivity index (χ3v) is 6.60. The number of H-pyrrole nitrogens is 2. The summed E-state index contributed by atoms with van der Waals surface area (Å²) < 4.78 is 11.8. The molecule has 9 atom stereocenters. The van der Waals surface area contributed by atoms with E-state index in [1.807, 2.05) is 4.98 Å². The molecule has 4 rings (SSSR count). The number of nitrogens with zero attached hydrogens (tertiary/aromatic N) is 2. The van der Waals surface area contributed by atoms with E-state index in [9.17, 15) is 44.7 Å². The van der Waals surface area contributed by atoms with Crippen LogP contribution < -0.4 is 21.9 Å². The van der Waals surface area contributed by atoms with Crippen molar-refractivity contribution < 1.29 is 44.6 Å². The number of imidazole rings is 1. The first-order chi connectivity index (χ1) is 18.6. The summed E-state index contributed by atoms with van der Waals surface area (Å²) in [7, 11) is 0. The fourth-order valence-corrected chi connectivity index (χ4v) is 4.49. The molecule has 2 aromatic rings. The van der Waals surface area contributed by atoms with Crippen molar-refractivity contribution in [2.24, 2.45) is 0 Å². The van der Waals surface area contributed by atoms with Crippen molar-refractivity contribution in [2.75, 3.05) is 13.2 Å². The molecule has 2 aromatic heterocycles. The number of nitrogens with one attached hydrogen (secondary N) is 4. The number of hydrogen-bond donors (Lipinski definition) is 9. The van der Waals surface area contributed by atoms with Gasteiger partial charge in [-0.25, -0.2) is 9.78 Å². The molecule has 2 amide bonds. The Morgan fingerprint density at radius 1 is 1.05 bits per heavy atom. The lowest BCUT2D eigenvalue weighted by atomic mass is 10.0. The molecule has 2 aliphatic rings. The number of carbonyl (C=O) groups is 2. The summed E-state index contributed by atoms with van der Waals surface area (Å²) >= 11 is 0. The topological polar surface area (TPSA) is 261 Å². The molecule has 0 aromatic carbocycles. The van der Waals surface area contributed by atoms with E-state index in [-0.39, 0.29) is 13.0 Å². The summed E-state index contributed by atoms with van der Waals surface area (Å²) in [4.78, 5) is 57.8. The largest absolute Gasteiger partial charge is 0.394 e. The number of rotatable bonds is 10. The van der Waals surface area contributed by atoms with Gasteiger partial charge in [-0.1, -0.05) is 0 Å². The Bertz CT molecular complexity index is 1250. The van der Waals surface area contributed by atoms with Crippen molar-refractivity contribution in [3.8, 4) is 0 Å². The van der Waals surface area contributed by atoms with Crippen molar-refractivity contribution in [1.82, 2.24) is 30.2 Å². The quantitative estimate of drug-likeness (QED) is 0.133. The van der Waals surface area contributed by atoms with Gasteiger partial charge in [0.25, 0.3) is 5.56 Å². The number of aliphatic hydroxyl groups excluding tert-OH is 5. The summed E-state index contributed by atoms with van der Waals surface area (Å²) in [5.74, 6) is -1.37. The zero-order valence-corrected chi connectivity index (χ0v) is 20.4. The zero-order chi connectivity index (χ0) is 28.3. The molecule has 0 bridgehead atoms. The van der Waals surface area contributed by atoms with Crippen LogP contribution in [0.1, 0.15) is 18.3 Å². The van der Waals surface area contributed by atoms with E-state index in [0.717, 1.165) is 16.8 Å². The molecule has 9 N–H and O–H groups in total. The summed E-state index contributed by atoms with van der Waals surface area (Å²) in [6.07, 6.45) is -6.95. The maximum absolute atomic E-state index is 13.0. The predicted molar refractivity (Wildman–Crippen MR) is 127 cm³/mol. The number of amides is 2. The van der Waals surface area contributed by atoms with Crippen LogP contribution in [-0.2, 0) is 25.5 Å². The highest BCUT2D eigenvalue weighted by molar-refractivity contribution is 5.88. The Hall–Kier alpha value is -3.45. The normalized spacial score (nSPS) is 31.2. The second kappa shape index (κ2) is 12.2. The van der Waals surface area contributed by atoms with Gasteiger partial charge in [-0.3, -0.25) is 23.9 Å². The maximum atomic E-state index is 13.0. The van der Waals surface area contributed by atoms with E-state index < -0.39 is 91.1 Å². The van der Waals surface area contributed by atoms with Crippen LogP contribution in [-0.4, -0.2) is 119 Å². The SMILES string of the molecule is O=C(C[C@@H]1O[C@@H](CO)[C@H](O)[C@H]1O)N[C@@H](Cc1cnc[nH]1)C(=O)NC[C@H]1O[C@@H](n2ccc(=O)[nH]c2=O)[C@H](O)[C@@H]1O. The van der Waals surface area contributed by atoms with Gasteiger partial charge >= 0.3 is 5.69 Å². The van der Waals surface area contributed by atoms with Crippen molar-refractivity contribution >= 4 is 11.8 Å². The van der Waals surface area contributed by atoms with Crippen LogP contribution in [0.5, 0.6) is 0 Å². The molecular formula is C22H30N6O11. The molecule has 0 unspecified atom stereocenters. The smallest absolute Gasteiger partial charge is 0.330 e. The fraction of sp³-hybridized carbons (Fsp3) is 0.591. The molecule has 0 spiro atoms. The van der Waals surface area contributed by atoms with E-state index in [0.29, 0.717) is 5.69 Å². The van der Waals surface area contributed by atoms with Gasteiger partial charge in [0.1, 0.15) is 42.7 Å². The first-order valence-electron chi connectivity index (χ1n) is 12.1. The minimum absolute atomic E-state index is 0.0142. The Morgan fingerprint density at radius 3 is 2.41 bits per heavy atom. The van der Waals surface area contributed by atoms with Gasteiger partial charge in [0.15, 0.2) is 6.23 Å². The molecule has 0 aliphatic carbocycles. The molecule has 17 heteroatoms. The minimum atomic E-state index is -1.55. The van der Waals surface area contributed by atoms with Crippen molar-refractivity contribution in [2.45, 2.75) is 67.8 Å². The van der Waals surface area contributed by atoms with Crippen LogP contribution in [0.4, 0.5) is 0 Å². The van der Waals surface area contributed by atoms with Crippen LogP contribution in [0.15, 0.2) is 34.4 Å². The van der Waals surface area contributed by atoms with Crippen molar-refractivity contribution in [3.63, 3.8) is 0 Å². The number of aliphatic hydroxyl groups is 5. The van der Waals surface area contributed by atoms with Gasteiger partial charge in [-0.05, 0) is 0 Å². The van der Waals surface area contributed by atoms with E-state index in [1.165, 1.54) is 12.5 Å². The van der Waals surface area contributed by atoms with Crippen molar-refractivity contribution in [3.05, 3.63) is 51.3 Å². The first kappa shape index (κ1) is 28.6. The number of hydrogen-bond acceptors (Lipinski definition) is 12. The van der Waals surface area contributed by atoms with Crippen molar-refractivity contribution in [1.29, 1.82) is 0 Å². The Labute approximate surface area is 219 Å². The van der Waals surface area contributed by atoms with E-state index in [4.69, 9.17) is 9.47 Å². The summed E-state index contributed by atoms with van der Waals surface area (Å²) in [5, 5.41) is 55.1. The molecule has 2 saturated heterocycles. The second-order valence-electron chi connectivity index (χ2n) is 9.29. The molecule has 0 saturated carbocycles. The molecule has 17 nitrogen and oxygen atoms in total. The molecule has 214 valence electrons. The van der Waals surface area contributed by atoms with Gasteiger partial charge in [0, 0.05) is 37.1 Å². The van der Waals surface area contributed by atoms with Gasteiger partial charge in [0.2, 0.25) is 11.8 Å². The fourth-order valence-electron chi connectivity index (χ4n) is 4.49. The van der Waals surface area contributed by atoms with E-state index in [2.05, 4.69) is 20.6 Å². The highest BCUT2D eigenvalue weighted by atomic mass is 16.6. The standard InChI is InChI=1S/C22H30N6O11/c29-7-13-18(34)16(32)11(38-13)4-15(31)26-10(3-9-5-23-8-25-9)20(36)24-6-12-17(33)19(35)21(39-12)28-2-1-14(30)27-22(28)37/h1-2,5,8,10-13,16-19,21,29,32-35H,3-4,6-7H2,(H,23,25)(H,24,36)(H,26,31)(H,27,30,37)/t10-,11-,12+,13-,16-,17+,18-,19+,21+/m0/s1. The molecule has 39 heavy (non-hydrogen) atoms. The van der Waals surface area contributed by atoms with Crippen LogP contribution in [0.25, 0.3) is 0 Å². The lowest BCUT2D eigenvalue weighted by molar-refractivity contribution is -0.131. The van der Waals surface area contributed by atoms with Gasteiger partial charge in [-0.15, -0.1) is 0 Å². The molecule has 2 fully saturated rings. The molecular weight excluding hydrogens is 524 g/mol. The minimum Gasteiger partial charge on any atom is -0.394 e. The average molecular weight is 555 g/mol. The monoisotopic (exact) mass is 554 g/mol. The van der Waals surface area contributed by atoms with Crippen LogP contribution in [0.3, 0.4) is 0 Å². The van der Waals surface area contributed by atoms with Crippen LogP contribution >= 0.6 is 0 Å². The predicted octanol–water partition coefficient (Wildman–Crippen LogP) is -5.41.